The van der Waals surface area contributed by atoms with E-state index in [0.29, 0.717) is 18.7 Å². The van der Waals surface area contributed by atoms with Crippen LogP contribution < -0.4 is 5.32 Å². The van der Waals surface area contributed by atoms with Crippen molar-refractivity contribution in [3.63, 3.8) is 0 Å². The highest BCUT2D eigenvalue weighted by molar-refractivity contribution is 5.92. The summed E-state index contributed by atoms with van der Waals surface area (Å²) < 4.78 is 80.8. The molecule has 2 aromatic heterocycles. The molecule has 1 aromatic carbocycles. The van der Waals surface area contributed by atoms with Gasteiger partial charge in [0.05, 0.1) is 11.1 Å². The number of amides is 1. The zero-order chi connectivity index (χ0) is 23.8. The maximum atomic E-state index is 13.2. The molecular weight excluding hydrogens is 450 g/mol. The SMILES string of the molecule is O=C(NCc1ccncc1)c1cn2c(n1)CC[C@H](c1cc(C(F)(F)F)cc(C(F)(F)F)c1)C2. The largest absolute Gasteiger partial charge is 0.416 e. The molecule has 174 valence electrons. The first-order valence-corrected chi connectivity index (χ1v) is 10.0. The lowest BCUT2D eigenvalue weighted by atomic mass is 9.89. The Balaban J connectivity index is 1.53. The highest BCUT2D eigenvalue weighted by Gasteiger charge is 2.38. The molecule has 1 aliphatic rings. The van der Waals surface area contributed by atoms with Crippen molar-refractivity contribution in [1.82, 2.24) is 19.9 Å². The molecule has 0 unspecified atom stereocenters. The fourth-order valence-electron chi connectivity index (χ4n) is 3.81. The fraction of sp³-hybridized carbons (Fsp3) is 0.318. The summed E-state index contributed by atoms with van der Waals surface area (Å²) in [5.41, 5.74) is -1.73. The number of halogens is 6. The number of carbonyl (C=O) groups is 1. The van der Waals surface area contributed by atoms with Crippen molar-refractivity contribution >= 4 is 5.91 Å². The molecule has 0 aliphatic carbocycles. The number of alkyl halides is 6. The Hall–Kier alpha value is -3.37. The lowest BCUT2D eigenvalue weighted by molar-refractivity contribution is -0.143. The van der Waals surface area contributed by atoms with Gasteiger partial charge in [0, 0.05) is 44.0 Å². The van der Waals surface area contributed by atoms with Crippen molar-refractivity contribution in [3.05, 3.63) is 82.7 Å². The van der Waals surface area contributed by atoms with Crippen LogP contribution in [0.4, 0.5) is 26.3 Å². The quantitative estimate of drug-likeness (QED) is 0.550. The van der Waals surface area contributed by atoms with E-state index in [2.05, 4.69) is 15.3 Å². The van der Waals surface area contributed by atoms with Crippen molar-refractivity contribution in [1.29, 1.82) is 0 Å². The third-order valence-corrected chi connectivity index (χ3v) is 5.51. The minimum atomic E-state index is -4.90. The zero-order valence-corrected chi connectivity index (χ0v) is 17.0. The molecule has 1 N–H and O–H groups in total. The molecule has 5 nitrogen and oxygen atoms in total. The number of carbonyl (C=O) groups excluding carboxylic acids is 1. The van der Waals surface area contributed by atoms with Gasteiger partial charge in [-0.3, -0.25) is 9.78 Å². The van der Waals surface area contributed by atoms with Gasteiger partial charge in [-0.1, -0.05) is 0 Å². The van der Waals surface area contributed by atoms with Crippen molar-refractivity contribution in [2.24, 2.45) is 0 Å². The number of pyridine rings is 1. The number of hydrogen-bond acceptors (Lipinski definition) is 3. The van der Waals surface area contributed by atoms with Crippen LogP contribution in [0.2, 0.25) is 0 Å². The van der Waals surface area contributed by atoms with E-state index >= 15 is 0 Å². The van der Waals surface area contributed by atoms with Gasteiger partial charge in [0.1, 0.15) is 11.5 Å². The Kier molecular flexibility index (Phi) is 5.89. The maximum Gasteiger partial charge on any atom is 0.416 e. The smallest absolute Gasteiger partial charge is 0.347 e. The third-order valence-electron chi connectivity index (χ3n) is 5.51. The summed E-state index contributed by atoms with van der Waals surface area (Å²) in [5, 5.41) is 2.72. The number of nitrogens with zero attached hydrogens (tertiary/aromatic N) is 3. The Morgan fingerprint density at radius 3 is 2.27 bits per heavy atom. The molecule has 3 heterocycles. The van der Waals surface area contributed by atoms with Crippen LogP contribution in [0.3, 0.4) is 0 Å². The average Bonchev–Trinajstić information content (AvgIpc) is 3.20. The second-order valence-electron chi connectivity index (χ2n) is 7.81. The van der Waals surface area contributed by atoms with Crippen molar-refractivity contribution in [2.45, 2.75) is 44.2 Å². The third kappa shape index (κ3) is 5.18. The fourth-order valence-corrected chi connectivity index (χ4v) is 3.81. The van der Waals surface area contributed by atoms with Crippen LogP contribution in [0.1, 0.15) is 50.9 Å². The Labute approximate surface area is 184 Å². The van der Waals surface area contributed by atoms with Crippen LogP contribution in [0, 0.1) is 0 Å². The number of imidazole rings is 1. The molecule has 1 aliphatic heterocycles. The summed E-state index contributed by atoms with van der Waals surface area (Å²) in [6.07, 6.45) is -4.51. The highest BCUT2D eigenvalue weighted by atomic mass is 19.4. The highest BCUT2D eigenvalue weighted by Crippen LogP contribution is 2.39. The van der Waals surface area contributed by atoms with Crippen molar-refractivity contribution < 1.29 is 31.1 Å². The zero-order valence-electron chi connectivity index (χ0n) is 17.0. The van der Waals surface area contributed by atoms with Gasteiger partial charge in [0.25, 0.3) is 5.91 Å². The number of aryl methyl sites for hydroxylation is 1. The predicted octanol–water partition coefficient (Wildman–Crippen LogP) is 4.98. The lowest BCUT2D eigenvalue weighted by Crippen LogP contribution is -2.23. The molecule has 11 heteroatoms. The van der Waals surface area contributed by atoms with Crippen LogP contribution in [-0.4, -0.2) is 20.4 Å². The molecule has 3 aromatic rings. The van der Waals surface area contributed by atoms with Gasteiger partial charge in [0.2, 0.25) is 0 Å². The maximum absolute atomic E-state index is 13.2. The number of aromatic nitrogens is 3. The van der Waals surface area contributed by atoms with E-state index in [0.717, 1.165) is 17.7 Å². The number of benzene rings is 1. The summed E-state index contributed by atoms with van der Waals surface area (Å²) in [5.74, 6) is -0.449. The van der Waals surface area contributed by atoms with Crippen LogP contribution in [0.15, 0.2) is 48.9 Å². The van der Waals surface area contributed by atoms with Crippen LogP contribution in [0.5, 0.6) is 0 Å². The topological polar surface area (TPSA) is 59.8 Å². The van der Waals surface area contributed by atoms with E-state index in [4.69, 9.17) is 0 Å². The van der Waals surface area contributed by atoms with Gasteiger partial charge in [-0.05, 0) is 47.9 Å². The number of fused-ring (bicyclic) bond motifs is 1. The van der Waals surface area contributed by atoms with Crippen LogP contribution in [-0.2, 0) is 31.9 Å². The van der Waals surface area contributed by atoms with Crippen LogP contribution >= 0.6 is 0 Å². The van der Waals surface area contributed by atoms with Crippen molar-refractivity contribution in [2.75, 3.05) is 0 Å². The summed E-state index contributed by atoms with van der Waals surface area (Å²) >= 11 is 0. The predicted molar refractivity (Wildman–Crippen MR) is 105 cm³/mol. The van der Waals surface area contributed by atoms with Crippen LogP contribution in [0.25, 0.3) is 0 Å². The molecule has 0 fully saturated rings. The van der Waals surface area contributed by atoms with Gasteiger partial charge >= 0.3 is 12.4 Å². The summed E-state index contributed by atoms with van der Waals surface area (Å²) in [6.45, 7) is 0.384. The van der Waals surface area contributed by atoms with E-state index < -0.39 is 35.3 Å². The summed E-state index contributed by atoms with van der Waals surface area (Å²) in [7, 11) is 0. The second-order valence-corrected chi connectivity index (χ2v) is 7.81. The van der Waals surface area contributed by atoms with E-state index in [1.807, 2.05) is 0 Å². The molecule has 4 rings (SSSR count). The first-order chi connectivity index (χ1) is 15.5. The number of hydrogen-bond donors (Lipinski definition) is 1. The molecule has 0 bridgehead atoms. The van der Waals surface area contributed by atoms with Gasteiger partial charge in [-0.15, -0.1) is 0 Å². The monoisotopic (exact) mass is 468 g/mol. The molecule has 0 saturated heterocycles. The molecule has 0 saturated carbocycles. The molecule has 1 amide bonds. The Morgan fingerprint density at radius 1 is 1.03 bits per heavy atom. The molecule has 1 atom stereocenters. The van der Waals surface area contributed by atoms with E-state index in [-0.39, 0.29) is 30.4 Å². The molecular formula is C22H18F6N4O. The minimum absolute atomic E-state index is 0.0415. The molecule has 0 spiro atoms. The summed E-state index contributed by atoms with van der Waals surface area (Å²) in [6, 6.07) is 5.15. The van der Waals surface area contributed by atoms with Crippen molar-refractivity contribution in [3.8, 4) is 0 Å². The van der Waals surface area contributed by atoms with E-state index in [9.17, 15) is 31.1 Å². The van der Waals surface area contributed by atoms with E-state index in [1.165, 1.54) is 6.20 Å². The minimum Gasteiger partial charge on any atom is -0.347 e. The Morgan fingerprint density at radius 2 is 1.67 bits per heavy atom. The average molecular weight is 468 g/mol. The number of nitrogens with one attached hydrogen (secondary N) is 1. The molecule has 0 radical (unpaired) electrons. The normalized spacial score (nSPS) is 16.4. The van der Waals surface area contributed by atoms with Gasteiger partial charge in [-0.25, -0.2) is 4.98 Å². The first-order valence-electron chi connectivity index (χ1n) is 10.0. The number of rotatable bonds is 4. The lowest BCUT2D eigenvalue weighted by Gasteiger charge is -2.25. The van der Waals surface area contributed by atoms with E-state index in [1.54, 1.807) is 29.1 Å². The summed E-state index contributed by atoms with van der Waals surface area (Å²) in [4.78, 5) is 20.6. The standard InChI is InChI=1S/C22H18F6N4O/c23-21(24,25)16-7-15(8-17(9-16)22(26,27)28)14-1-2-19-31-18(12-32(19)11-14)20(33)30-10-13-3-5-29-6-4-13/h3-9,12,14H,1-2,10-11H2,(H,30,33)/t14-/m0/s1. The Bertz CT molecular complexity index is 1120. The molecule has 33 heavy (non-hydrogen) atoms. The van der Waals surface area contributed by atoms with Gasteiger partial charge in [0.15, 0.2) is 0 Å². The first kappa shape index (κ1) is 22.8. The van der Waals surface area contributed by atoms with Gasteiger partial charge in [-0.2, -0.15) is 26.3 Å². The van der Waals surface area contributed by atoms with Gasteiger partial charge < -0.3 is 9.88 Å². The second kappa shape index (κ2) is 8.53.